The highest BCUT2D eigenvalue weighted by atomic mass is 32.1. The van der Waals surface area contributed by atoms with Gasteiger partial charge in [-0.1, -0.05) is 140 Å². The van der Waals surface area contributed by atoms with Crippen LogP contribution in [-0.2, 0) is 0 Å². The van der Waals surface area contributed by atoms with Crippen molar-refractivity contribution in [2.24, 2.45) is 0 Å². The molecular formula is C51H30N4OS. The number of furan rings is 1. The Labute approximate surface area is 330 Å². The van der Waals surface area contributed by atoms with Crippen molar-refractivity contribution in [3.8, 4) is 51.0 Å². The van der Waals surface area contributed by atoms with Gasteiger partial charge in [-0.15, -0.1) is 11.3 Å². The van der Waals surface area contributed by atoms with Crippen LogP contribution in [0.3, 0.4) is 0 Å². The molecule has 0 amide bonds. The van der Waals surface area contributed by atoms with E-state index in [0.717, 1.165) is 81.9 Å². The van der Waals surface area contributed by atoms with E-state index in [1.165, 1.54) is 15.5 Å². The summed E-state index contributed by atoms with van der Waals surface area (Å²) in [6.07, 6.45) is 0. The van der Waals surface area contributed by atoms with Gasteiger partial charge in [-0.25, -0.2) is 15.0 Å². The van der Waals surface area contributed by atoms with E-state index in [2.05, 4.69) is 168 Å². The lowest BCUT2D eigenvalue weighted by molar-refractivity contribution is 0.673. The van der Waals surface area contributed by atoms with Crippen molar-refractivity contribution in [2.75, 3.05) is 0 Å². The number of para-hydroxylation sites is 3. The Balaban J connectivity index is 1.17. The quantitative estimate of drug-likeness (QED) is 0.176. The third-order valence-corrected chi connectivity index (χ3v) is 12.3. The lowest BCUT2D eigenvalue weighted by atomic mass is 9.99. The molecule has 0 aliphatic heterocycles. The summed E-state index contributed by atoms with van der Waals surface area (Å²) in [5.41, 5.74) is 10.0. The van der Waals surface area contributed by atoms with Crippen molar-refractivity contribution < 1.29 is 4.42 Å². The number of aromatic nitrogens is 4. The smallest absolute Gasteiger partial charge is 0.165 e. The van der Waals surface area contributed by atoms with Gasteiger partial charge in [-0.3, -0.25) is 0 Å². The minimum atomic E-state index is 0.607. The van der Waals surface area contributed by atoms with E-state index >= 15 is 0 Å². The van der Waals surface area contributed by atoms with E-state index < -0.39 is 0 Å². The minimum Gasteiger partial charge on any atom is -0.455 e. The second-order valence-electron chi connectivity index (χ2n) is 14.3. The molecular weight excluding hydrogens is 717 g/mol. The molecule has 12 aromatic rings. The number of benzene rings is 8. The number of fused-ring (bicyclic) bond motifs is 10. The van der Waals surface area contributed by atoms with E-state index in [0.29, 0.717) is 17.5 Å². The predicted molar refractivity (Wildman–Crippen MR) is 236 cm³/mol. The van der Waals surface area contributed by atoms with Crippen molar-refractivity contribution in [3.05, 3.63) is 182 Å². The second-order valence-corrected chi connectivity index (χ2v) is 15.4. The van der Waals surface area contributed by atoms with Gasteiger partial charge >= 0.3 is 0 Å². The highest BCUT2D eigenvalue weighted by Gasteiger charge is 2.23. The van der Waals surface area contributed by atoms with Gasteiger partial charge in [0.15, 0.2) is 17.5 Å². The summed E-state index contributed by atoms with van der Waals surface area (Å²) in [5.74, 6) is 1.84. The van der Waals surface area contributed by atoms with Crippen LogP contribution in [0.25, 0.3) is 115 Å². The molecule has 0 N–H and O–H groups in total. The van der Waals surface area contributed by atoms with E-state index in [1.807, 2.05) is 18.2 Å². The summed E-state index contributed by atoms with van der Waals surface area (Å²) >= 11 is 1.75. The molecule has 0 saturated carbocycles. The monoisotopic (exact) mass is 746 g/mol. The Kier molecular flexibility index (Phi) is 7.03. The number of hydrogen-bond donors (Lipinski definition) is 0. The highest BCUT2D eigenvalue weighted by molar-refractivity contribution is 7.26. The van der Waals surface area contributed by atoms with E-state index in [4.69, 9.17) is 19.4 Å². The first-order chi connectivity index (χ1) is 28.3. The molecule has 0 bridgehead atoms. The Hall–Kier alpha value is -7.41. The molecule has 0 spiro atoms. The molecule has 0 aliphatic rings. The van der Waals surface area contributed by atoms with Gasteiger partial charge in [0.25, 0.3) is 0 Å². The first-order valence-corrected chi connectivity index (χ1v) is 19.8. The molecule has 0 atom stereocenters. The molecule has 0 aliphatic carbocycles. The molecule has 8 aromatic carbocycles. The molecule has 0 saturated heterocycles. The molecule has 0 fully saturated rings. The predicted octanol–water partition coefficient (Wildman–Crippen LogP) is 13.9. The molecule has 0 unspecified atom stereocenters. The SMILES string of the molecule is c1ccc(-c2ccccc2-c2nc(-c3ccc4c5ccccc5n(-c5ccccc5)c4c3)nc(-c3cc4c5ccccc5oc4c4c3sc3ccccc34)n2)cc1. The lowest BCUT2D eigenvalue weighted by Gasteiger charge is -2.13. The molecule has 6 heteroatoms. The van der Waals surface area contributed by atoms with Crippen LogP contribution in [0.15, 0.2) is 186 Å². The van der Waals surface area contributed by atoms with Crippen LogP contribution in [0.1, 0.15) is 0 Å². The van der Waals surface area contributed by atoms with Gasteiger partial charge in [-0.2, -0.15) is 0 Å². The second kappa shape index (κ2) is 12.6. The number of nitrogens with zero attached hydrogens (tertiary/aromatic N) is 4. The third kappa shape index (κ3) is 4.98. The zero-order valence-corrected chi connectivity index (χ0v) is 31.2. The van der Waals surface area contributed by atoms with E-state index in [9.17, 15) is 0 Å². The fraction of sp³-hybridized carbons (Fsp3) is 0. The number of hydrogen-bond acceptors (Lipinski definition) is 5. The summed E-state index contributed by atoms with van der Waals surface area (Å²) in [4.78, 5) is 16.1. The highest BCUT2D eigenvalue weighted by Crippen LogP contribution is 2.47. The van der Waals surface area contributed by atoms with Crippen molar-refractivity contribution in [1.29, 1.82) is 0 Å². The van der Waals surface area contributed by atoms with Gasteiger partial charge in [0.1, 0.15) is 11.2 Å². The minimum absolute atomic E-state index is 0.607. The van der Waals surface area contributed by atoms with Crippen LogP contribution >= 0.6 is 11.3 Å². The first kappa shape index (κ1) is 31.9. The molecule has 0 radical (unpaired) electrons. The lowest BCUT2D eigenvalue weighted by Crippen LogP contribution is -2.01. The van der Waals surface area contributed by atoms with Gasteiger partial charge < -0.3 is 8.98 Å². The van der Waals surface area contributed by atoms with Crippen LogP contribution in [0.4, 0.5) is 0 Å². The van der Waals surface area contributed by atoms with Crippen molar-refractivity contribution in [1.82, 2.24) is 19.5 Å². The average Bonchev–Trinajstić information content (AvgIpc) is 3.96. The fourth-order valence-corrected chi connectivity index (χ4v) is 9.70. The van der Waals surface area contributed by atoms with Crippen LogP contribution in [-0.4, -0.2) is 19.5 Å². The molecule has 4 aromatic heterocycles. The van der Waals surface area contributed by atoms with Crippen molar-refractivity contribution >= 4 is 75.3 Å². The zero-order valence-electron chi connectivity index (χ0n) is 30.4. The van der Waals surface area contributed by atoms with Crippen LogP contribution < -0.4 is 0 Å². The summed E-state index contributed by atoms with van der Waals surface area (Å²) in [7, 11) is 0. The standard InChI is InChI=1S/C51H30N4OS/c1-3-15-31(16-4-1)34-19-7-8-22-38(34)50-52-49(32-27-28-36-35-20-9-12-24-42(35)55(43(36)29-32)33-17-5-2-6-18-33)53-51(54-50)41-30-40-37-21-10-13-25-44(37)56-47(40)46-39-23-11-14-26-45(39)57-48(41)46/h1-30H. The van der Waals surface area contributed by atoms with Crippen LogP contribution in [0.5, 0.6) is 0 Å². The fourth-order valence-electron chi connectivity index (χ4n) is 8.49. The number of rotatable bonds is 5. The van der Waals surface area contributed by atoms with Gasteiger partial charge in [0.2, 0.25) is 0 Å². The first-order valence-electron chi connectivity index (χ1n) is 19.0. The number of thiophene rings is 1. The van der Waals surface area contributed by atoms with Crippen LogP contribution in [0.2, 0.25) is 0 Å². The zero-order chi connectivity index (χ0) is 37.5. The molecule has 57 heavy (non-hydrogen) atoms. The van der Waals surface area contributed by atoms with Gasteiger partial charge in [0, 0.05) is 59.4 Å². The summed E-state index contributed by atoms with van der Waals surface area (Å²) in [5, 5.41) is 6.72. The Bertz CT molecular complexity index is 3530. The van der Waals surface area contributed by atoms with E-state index in [-0.39, 0.29) is 0 Å². The maximum absolute atomic E-state index is 6.64. The maximum atomic E-state index is 6.64. The van der Waals surface area contributed by atoms with E-state index in [1.54, 1.807) is 11.3 Å². The molecule has 4 heterocycles. The maximum Gasteiger partial charge on any atom is 0.165 e. The Morgan fingerprint density at radius 1 is 0.421 bits per heavy atom. The molecule has 12 rings (SSSR count). The summed E-state index contributed by atoms with van der Waals surface area (Å²) in [6, 6.07) is 63.6. The van der Waals surface area contributed by atoms with Gasteiger partial charge in [-0.05, 0) is 53.6 Å². The molecule has 5 nitrogen and oxygen atoms in total. The topological polar surface area (TPSA) is 56.7 Å². The van der Waals surface area contributed by atoms with Crippen LogP contribution in [0, 0.1) is 0 Å². The summed E-state index contributed by atoms with van der Waals surface area (Å²) in [6.45, 7) is 0. The van der Waals surface area contributed by atoms with Crippen molar-refractivity contribution in [3.63, 3.8) is 0 Å². The Morgan fingerprint density at radius 2 is 1.05 bits per heavy atom. The molecule has 266 valence electrons. The largest absolute Gasteiger partial charge is 0.455 e. The summed E-state index contributed by atoms with van der Waals surface area (Å²) < 4.78 is 11.2. The Morgan fingerprint density at radius 3 is 1.89 bits per heavy atom. The van der Waals surface area contributed by atoms with Gasteiger partial charge in [0.05, 0.1) is 15.7 Å². The third-order valence-electron chi connectivity index (χ3n) is 11.1. The average molecular weight is 747 g/mol. The normalized spacial score (nSPS) is 11.9. The van der Waals surface area contributed by atoms with Crippen molar-refractivity contribution in [2.45, 2.75) is 0 Å².